The van der Waals surface area contributed by atoms with Crippen LogP contribution in [-0.2, 0) is 12.8 Å². The molecule has 1 unspecified atom stereocenters. The number of nitrogens with zero attached hydrogens (tertiary/aromatic N) is 4. The van der Waals surface area contributed by atoms with Crippen molar-refractivity contribution in [3.8, 4) is 17.1 Å². The van der Waals surface area contributed by atoms with E-state index in [1.807, 2.05) is 42.4 Å². The van der Waals surface area contributed by atoms with E-state index in [1.54, 1.807) is 0 Å². The Labute approximate surface area is 191 Å². The van der Waals surface area contributed by atoms with Gasteiger partial charge in [0.15, 0.2) is 0 Å². The summed E-state index contributed by atoms with van der Waals surface area (Å²) in [4.78, 5) is 21.5. The zero-order valence-corrected chi connectivity index (χ0v) is 19.7. The normalized spacial score (nSPS) is 15.6. The number of fused-ring (bicyclic) bond motifs is 1. The fraction of sp³-hybridized carbons (Fsp3) is 0.407. The molecule has 0 radical (unpaired) electrons. The molecule has 3 aromatic rings. The van der Waals surface area contributed by atoms with Crippen molar-refractivity contribution in [1.82, 2.24) is 19.4 Å². The SMILES string of the molecule is CC1CCc2c(cc(-c3ccccn3)n2-c2ccc(C(=O)N(C)CCCN(C)C)cc2)C1. The molecular formula is C27H34N4O. The van der Waals surface area contributed by atoms with E-state index in [-0.39, 0.29) is 5.91 Å². The quantitative estimate of drug-likeness (QED) is 0.546. The van der Waals surface area contributed by atoms with E-state index in [4.69, 9.17) is 0 Å². The average Bonchev–Trinajstić information content (AvgIpc) is 3.17. The molecule has 1 amide bonds. The molecule has 5 nitrogen and oxygen atoms in total. The Morgan fingerprint density at radius 1 is 1.09 bits per heavy atom. The van der Waals surface area contributed by atoms with Gasteiger partial charge in [-0.1, -0.05) is 13.0 Å². The molecule has 0 aliphatic heterocycles. The first kappa shape index (κ1) is 22.3. The maximum absolute atomic E-state index is 12.9. The van der Waals surface area contributed by atoms with E-state index in [9.17, 15) is 4.79 Å². The number of benzene rings is 1. The first-order valence-corrected chi connectivity index (χ1v) is 11.6. The van der Waals surface area contributed by atoms with Crippen molar-refractivity contribution < 1.29 is 4.79 Å². The fourth-order valence-corrected chi connectivity index (χ4v) is 4.61. The van der Waals surface area contributed by atoms with Gasteiger partial charge in [0, 0.05) is 36.7 Å². The van der Waals surface area contributed by atoms with Crippen LogP contribution in [0.4, 0.5) is 0 Å². The van der Waals surface area contributed by atoms with Crippen LogP contribution in [0.15, 0.2) is 54.7 Å². The molecule has 0 bridgehead atoms. The second-order valence-corrected chi connectivity index (χ2v) is 9.33. The standard InChI is InChI=1S/C27H34N4O/c1-20-9-14-25-22(18-20)19-26(24-8-5-6-15-28-24)31(25)23-12-10-21(11-13-23)27(32)30(4)17-7-16-29(2)3/h5-6,8,10-13,15,19-20H,7,9,14,16-18H2,1-4H3. The Balaban J connectivity index is 1.62. The van der Waals surface area contributed by atoms with Crippen molar-refractivity contribution in [2.24, 2.45) is 5.92 Å². The lowest BCUT2D eigenvalue weighted by atomic mass is 9.89. The van der Waals surface area contributed by atoms with E-state index in [2.05, 4.69) is 59.7 Å². The Bertz CT molecular complexity index is 1050. The minimum absolute atomic E-state index is 0.0728. The van der Waals surface area contributed by atoms with Crippen molar-refractivity contribution >= 4 is 5.91 Å². The molecule has 0 fully saturated rings. The number of hydrogen-bond acceptors (Lipinski definition) is 3. The maximum atomic E-state index is 12.9. The van der Waals surface area contributed by atoms with Crippen LogP contribution in [0.25, 0.3) is 17.1 Å². The van der Waals surface area contributed by atoms with Crippen LogP contribution < -0.4 is 0 Å². The number of carbonyl (C=O) groups excluding carboxylic acids is 1. The van der Waals surface area contributed by atoms with Crippen molar-refractivity contribution in [2.75, 3.05) is 34.2 Å². The lowest BCUT2D eigenvalue weighted by Crippen LogP contribution is -2.29. The van der Waals surface area contributed by atoms with Gasteiger partial charge in [-0.15, -0.1) is 0 Å². The van der Waals surface area contributed by atoms with Crippen LogP contribution in [0.3, 0.4) is 0 Å². The van der Waals surface area contributed by atoms with E-state index in [0.717, 1.165) is 55.0 Å². The molecule has 0 saturated heterocycles. The molecular weight excluding hydrogens is 396 g/mol. The van der Waals surface area contributed by atoms with E-state index in [0.29, 0.717) is 5.92 Å². The second kappa shape index (κ2) is 9.70. The van der Waals surface area contributed by atoms with Crippen LogP contribution in [0.5, 0.6) is 0 Å². The van der Waals surface area contributed by atoms with Crippen LogP contribution in [-0.4, -0.2) is 59.5 Å². The summed E-state index contributed by atoms with van der Waals surface area (Å²) in [7, 11) is 6.00. The summed E-state index contributed by atoms with van der Waals surface area (Å²) in [6.07, 6.45) is 6.19. The molecule has 168 valence electrons. The molecule has 1 aliphatic carbocycles. The molecule has 0 saturated carbocycles. The monoisotopic (exact) mass is 430 g/mol. The number of hydrogen-bond donors (Lipinski definition) is 0. The number of pyridine rings is 1. The van der Waals surface area contributed by atoms with Crippen LogP contribution in [0, 0.1) is 5.92 Å². The second-order valence-electron chi connectivity index (χ2n) is 9.33. The minimum Gasteiger partial charge on any atom is -0.342 e. The maximum Gasteiger partial charge on any atom is 0.253 e. The first-order valence-electron chi connectivity index (χ1n) is 11.6. The summed E-state index contributed by atoms with van der Waals surface area (Å²) in [6, 6.07) is 16.4. The lowest BCUT2D eigenvalue weighted by Gasteiger charge is -2.22. The Kier molecular flexibility index (Phi) is 6.75. The summed E-state index contributed by atoms with van der Waals surface area (Å²) in [5.41, 5.74) is 6.73. The van der Waals surface area contributed by atoms with Gasteiger partial charge in [0.25, 0.3) is 5.91 Å². The van der Waals surface area contributed by atoms with Crippen LogP contribution >= 0.6 is 0 Å². The molecule has 1 atom stereocenters. The topological polar surface area (TPSA) is 41.4 Å². The third-order valence-electron chi connectivity index (χ3n) is 6.38. The van der Waals surface area contributed by atoms with Gasteiger partial charge >= 0.3 is 0 Å². The summed E-state index contributed by atoms with van der Waals surface area (Å²) in [6.45, 7) is 4.06. The molecule has 2 aromatic heterocycles. The Hall–Kier alpha value is -2.92. The van der Waals surface area contributed by atoms with Crippen molar-refractivity contribution in [3.05, 3.63) is 71.5 Å². The van der Waals surface area contributed by atoms with E-state index in [1.165, 1.54) is 17.7 Å². The van der Waals surface area contributed by atoms with Gasteiger partial charge in [-0.3, -0.25) is 9.78 Å². The summed E-state index contributed by atoms with van der Waals surface area (Å²) < 4.78 is 2.35. The smallest absolute Gasteiger partial charge is 0.253 e. The van der Waals surface area contributed by atoms with Gasteiger partial charge in [-0.2, -0.15) is 0 Å². The zero-order valence-electron chi connectivity index (χ0n) is 19.7. The molecule has 4 rings (SSSR count). The largest absolute Gasteiger partial charge is 0.342 e. The van der Waals surface area contributed by atoms with Gasteiger partial charge in [0.05, 0.1) is 11.4 Å². The summed E-state index contributed by atoms with van der Waals surface area (Å²) >= 11 is 0. The number of carbonyl (C=O) groups is 1. The van der Waals surface area contributed by atoms with Gasteiger partial charge < -0.3 is 14.4 Å². The lowest BCUT2D eigenvalue weighted by molar-refractivity contribution is 0.0790. The number of aromatic nitrogens is 2. The van der Waals surface area contributed by atoms with Crippen LogP contribution in [0.2, 0.25) is 0 Å². The highest BCUT2D eigenvalue weighted by atomic mass is 16.2. The number of amides is 1. The van der Waals surface area contributed by atoms with E-state index < -0.39 is 0 Å². The molecule has 0 N–H and O–H groups in total. The van der Waals surface area contributed by atoms with Gasteiger partial charge in [0.1, 0.15) is 0 Å². The third-order valence-corrected chi connectivity index (χ3v) is 6.38. The van der Waals surface area contributed by atoms with Gasteiger partial charge in [-0.05, 0) is 100 Å². The molecule has 2 heterocycles. The molecule has 1 aliphatic rings. The van der Waals surface area contributed by atoms with Gasteiger partial charge in [-0.25, -0.2) is 0 Å². The molecule has 0 spiro atoms. The molecule has 1 aromatic carbocycles. The average molecular weight is 431 g/mol. The first-order chi connectivity index (χ1) is 15.4. The summed E-state index contributed by atoms with van der Waals surface area (Å²) in [5.74, 6) is 0.779. The van der Waals surface area contributed by atoms with Crippen molar-refractivity contribution in [2.45, 2.75) is 32.6 Å². The highest BCUT2D eigenvalue weighted by molar-refractivity contribution is 5.94. The van der Waals surface area contributed by atoms with Crippen molar-refractivity contribution in [3.63, 3.8) is 0 Å². The molecule has 32 heavy (non-hydrogen) atoms. The Morgan fingerprint density at radius 2 is 1.88 bits per heavy atom. The fourth-order valence-electron chi connectivity index (χ4n) is 4.61. The minimum atomic E-state index is 0.0728. The molecule has 5 heteroatoms. The van der Waals surface area contributed by atoms with E-state index >= 15 is 0 Å². The third kappa shape index (κ3) is 4.78. The number of rotatable bonds is 7. The summed E-state index contributed by atoms with van der Waals surface area (Å²) in [5, 5.41) is 0. The zero-order chi connectivity index (χ0) is 22.7. The predicted octanol–water partition coefficient (Wildman–Crippen LogP) is 4.69. The highest BCUT2D eigenvalue weighted by Crippen LogP contribution is 2.34. The highest BCUT2D eigenvalue weighted by Gasteiger charge is 2.24. The van der Waals surface area contributed by atoms with Crippen molar-refractivity contribution in [1.29, 1.82) is 0 Å². The predicted molar refractivity (Wildman–Crippen MR) is 130 cm³/mol. The Morgan fingerprint density at radius 3 is 2.56 bits per heavy atom. The van der Waals surface area contributed by atoms with Gasteiger partial charge in [0.2, 0.25) is 0 Å². The van der Waals surface area contributed by atoms with Crippen LogP contribution in [0.1, 0.15) is 41.4 Å².